The van der Waals surface area contributed by atoms with Gasteiger partial charge in [0.1, 0.15) is 0 Å². The van der Waals surface area contributed by atoms with Gasteiger partial charge in [-0.2, -0.15) is 0 Å². The largest absolute Gasteiger partial charge is 0.322 e. The summed E-state index contributed by atoms with van der Waals surface area (Å²) in [4.78, 5) is 15.2. The van der Waals surface area contributed by atoms with Crippen LogP contribution in [0.1, 0.15) is 32.6 Å². The fourth-order valence-electron chi connectivity index (χ4n) is 2.86. The minimum absolute atomic E-state index is 0.197. The SMILES string of the molecule is CCNCCCC1CCCN1C(=O)N1CC(F)(F)C1. The summed E-state index contributed by atoms with van der Waals surface area (Å²) in [6.45, 7) is 3.87. The van der Waals surface area contributed by atoms with Gasteiger partial charge in [0, 0.05) is 12.6 Å². The van der Waals surface area contributed by atoms with Crippen LogP contribution in [0.5, 0.6) is 0 Å². The Hall–Kier alpha value is -0.910. The number of carbonyl (C=O) groups is 1. The third-order valence-corrected chi connectivity index (χ3v) is 3.88. The van der Waals surface area contributed by atoms with Gasteiger partial charge in [-0.1, -0.05) is 6.92 Å². The van der Waals surface area contributed by atoms with Crippen molar-refractivity contribution in [1.29, 1.82) is 0 Å². The molecule has 2 saturated heterocycles. The van der Waals surface area contributed by atoms with Gasteiger partial charge in [0.25, 0.3) is 5.92 Å². The Balaban J connectivity index is 1.76. The molecule has 2 aliphatic rings. The van der Waals surface area contributed by atoms with Crippen LogP contribution in [0.3, 0.4) is 0 Å². The Morgan fingerprint density at radius 1 is 1.42 bits per heavy atom. The summed E-state index contributed by atoms with van der Waals surface area (Å²) in [5.41, 5.74) is 0. The van der Waals surface area contributed by atoms with Crippen LogP contribution in [-0.2, 0) is 0 Å². The maximum Gasteiger partial charge on any atom is 0.320 e. The number of hydrogen-bond donors (Lipinski definition) is 1. The number of amides is 2. The summed E-state index contributed by atoms with van der Waals surface area (Å²) < 4.78 is 25.6. The van der Waals surface area contributed by atoms with Gasteiger partial charge in [-0.25, -0.2) is 13.6 Å². The van der Waals surface area contributed by atoms with Gasteiger partial charge in [0.15, 0.2) is 0 Å². The Morgan fingerprint density at radius 2 is 2.16 bits per heavy atom. The van der Waals surface area contributed by atoms with Crippen LogP contribution in [0.15, 0.2) is 0 Å². The van der Waals surface area contributed by atoms with Gasteiger partial charge in [-0.3, -0.25) is 0 Å². The highest BCUT2D eigenvalue weighted by Crippen LogP contribution is 2.30. The van der Waals surface area contributed by atoms with Gasteiger partial charge in [0.2, 0.25) is 0 Å². The van der Waals surface area contributed by atoms with E-state index < -0.39 is 19.0 Å². The van der Waals surface area contributed by atoms with E-state index in [0.29, 0.717) is 6.54 Å². The van der Waals surface area contributed by atoms with Gasteiger partial charge in [0.05, 0.1) is 13.1 Å². The molecule has 0 saturated carbocycles. The molecule has 0 aromatic rings. The molecule has 0 aliphatic carbocycles. The molecule has 1 N–H and O–H groups in total. The molecule has 2 heterocycles. The van der Waals surface area contributed by atoms with Crippen LogP contribution in [0.25, 0.3) is 0 Å². The van der Waals surface area contributed by atoms with E-state index in [-0.39, 0.29) is 12.1 Å². The lowest BCUT2D eigenvalue weighted by Gasteiger charge is -2.41. The first-order valence-corrected chi connectivity index (χ1v) is 7.17. The lowest BCUT2D eigenvalue weighted by atomic mass is 10.1. The number of carbonyl (C=O) groups excluding carboxylic acids is 1. The number of nitrogens with zero attached hydrogens (tertiary/aromatic N) is 2. The first kappa shape index (κ1) is 14.5. The first-order valence-electron chi connectivity index (χ1n) is 7.17. The van der Waals surface area contributed by atoms with Crippen molar-refractivity contribution in [2.24, 2.45) is 0 Å². The molecular formula is C13H23F2N3O. The fraction of sp³-hybridized carbons (Fsp3) is 0.923. The summed E-state index contributed by atoms with van der Waals surface area (Å²) in [5.74, 6) is -2.67. The van der Waals surface area contributed by atoms with Crippen molar-refractivity contribution in [3.63, 3.8) is 0 Å². The highest BCUT2D eigenvalue weighted by atomic mass is 19.3. The highest BCUT2D eigenvalue weighted by Gasteiger charge is 2.48. The molecular weight excluding hydrogens is 252 g/mol. The Bertz CT molecular complexity index is 317. The third-order valence-electron chi connectivity index (χ3n) is 3.88. The lowest BCUT2D eigenvalue weighted by molar-refractivity contribution is -0.114. The van der Waals surface area contributed by atoms with E-state index in [2.05, 4.69) is 12.2 Å². The van der Waals surface area contributed by atoms with Gasteiger partial charge >= 0.3 is 6.03 Å². The van der Waals surface area contributed by atoms with Gasteiger partial charge in [-0.15, -0.1) is 0 Å². The molecule has 0 spiro atoms. The van der Waals surface area contributed by atoms with E-state index in [0.717, 1.165) is 38.8 Å². The van der Waals surface area contributed by atoms with Crippen LogP contribution < -0.4 is 5.32 Å². The predicted molar refractivity (Wildman–Crippen MR) is 69.4 cm³/mol. The molecule has 1 unspecified atom stereocenters. The topological polar surface area (TPSA) is 35.6 Å². The Labute approximate surface area is 113 Å². The average molecular weight is 275 g/mol. The zero-order chi connectivity index (χ0) is 13.9. The molecule has 0 radical (unpaired) electrons. The highest BCUT2D eigenvalue weighted by molar-refractivity contribution is 5.76. The Morgan fingerprint density at radius 3 is 2.79 bits per heavy atom. The molecule has 110 valence electrons. The van der Waals surface area contributed by atoms with Crippen LogP contribution in [0.2, 0.25) is 0 Å². The smallest absolute Gasteiger partial charge is 0.320 e. The van der Waals surface area contributed by atoms with Crippen molar-refractivity contribution in [2.75, 3.05) is 32.7 Å². The minimum atomic E-state index is -2.67. The molecule has 1 atom stereocenters. The van der Waals surface area contributed by atoms with Crippen LogP contribution in [0.4, 0.5) is 13.6 Å². The summed E-state index contributed by atoms with van der Waals surface area (Å²) in [5, 5.41) is 3.26. The number of rotatable bonds is 5. The van der Waals surface area contributed by atoms with Crippen LogP contribution in [0, 0.1) is 0 Å². The van der Waals surface area contributed by atoms with E-state index in [1.165, 1.54) is 4.90 Å². The van der Waals surface area contributed by atoms with Crippen molar-refractivity contribution in [3.8, 4) is 0 Å². The number of hydrogen-bond acceptors (Lipinski definition) is 2. The maximum atomic E-state index is 12.8. The average Bonchev–Trinajstić information content (AvgIpc) is 2.79. The monoisotopic (exact) mass is 275 g/mol. The summed E-state index contributed by atoms with van der Waals surface area (Å²) in [6, 6.07) is 0.0391. The molecule has 2 fully saturated rings. The Kier molecular flexibility index (Phi) is 4.60. The fourth-order valence-corrected chi connectivity index (χ4v) is 2.86. The molecule has 0 aromatic heterocycles. The quantitative estimate of drug-likeness (QED) is 0.778. The summed E-state index contributed by atoms with van der Waals surface area (Å²) in [7, 11) is 0. The molecule has 0 bridgehead atoms. The van der Waals surface area contributed by atoms with E-state index in [4.69, 9.17) is 0 Å². The minimum Gasteiger partial charge on any atom is -0.322 e. The molecule has 0 aromatic carbocycles. The second kappa shape index (κ2) is 6.03. The van der Waals surface area contributed by atoms with Crippen molar-refractivity contribution in [1.82, 2.24) is 15.1 Å². The summed E-state index contributed by atoms with van der Waals surface area (Å²) >= 11 is 0. The second-order valence-electron chi connectivity index (χ2n) is 5.48. The second-order valence-corrected chi connectivity index (χ2v) is 5.48. The van der Waals surface area contributed by atoms with Crippen molar-refractivity contribution in [3.05, 3.63) is 0 Å². The van der Waals surface area contributed by atoms with Crippen molar-refractivity contribution >= 4 is 6.03 Å². The number of nitrogens with one attached hydrogen (secondary N) is 1. The van der Waals surface area contributed by atoms with E-state index >= 15 is 0 Å². The lowest BCUT2D eigenvalue weighted by Crippen LogP contribution is -2.62. The van der Waals surface area contributed by atoms with Gasteiger partial charge < -0.3 is 15.1 Å². The molecule has 6 heteroatoms. The van der Waals surface area contributed by atoms with Crippen LogP contribution >= 0.6 is 0 Å². The standard InChI is InChI=1S/C13H23F2N3O/c1-2-16-7-3-5-11-6-4-8-18(11)12(19)17-9-13(14,15)10-17/h11,16H,2-10H2,1H3. The molecule has 19 heavy (non-hydrogen) atoms. The third kappa shape index (κ3) is 3.55. The van der Waals surface area contributed by atoms with Crippen molar-refractivity contribution < 1.29 is 13.6 Å². The molecule has 4 nitrogen and oxygen atoms in total. The predicted octanol–water partition coefficient (Wildman–Crippen LogP) is 1.91. The zero-order valence-corrected chi connectivity index (χ0v) is 11.5. The van der Waals surface area contributed by atoms with Crippen LogP contribution in [-0.4, -0.2) is 60.5 Å². The van der Waals surface area contributed by atoms with E-state index in [9.17, 15) is 13.6 Å². The normalized spacial score (nSPS) is 25.5. The summed E-state index contributed by atoms with van der Waals surface area (Å²) in [6.07, 6.45) is 3.98. The van der Waals surface area contributed by atoms with E-state index in [1.807, 2.05) is 0 Å². The number of likely N-dealkylation sites (tertiary alicyclic amines) is 2. The first-order chi connectivity index (χ1) is 9.03. The number of halogens is 2. The zero-order valence-electron chi connectivity index (χ0n) is 11.5. The van der Waals surface area contributed by atoms with Crippen molar-refractivity contribution in [2.45, 2.75) is 44.6 Å². The number of urea groups is 1. The van der Waals surface area contributed by atoms with E-state index in [1.54, 1.807) is 4.90 Å². The molecule has 2 amide bonds. The molecule has 2 aliphatic heterocycles. The van der Waals surface area contributed by atoms with Gasteiger partial charge in [-0.05, 0) is 38.8 Å². The number of alkyl halides is 2. The molecule has 2 rings (SSSR count). The maximum absolute atomic E-state index is 12.8.